The van der Waals surface area contributed by atoms with Crippen molar-refractivity contribution < 1.29 is 34.2 Å². The highest BCUT2D eigenvalue weighted by Gasteiger charge is 2.54. The van der Waals surface area contributed by atoms with Gasteiger partial charge in [-0.2, -0.15) is 0 Å². The minimum Gasteiger partial charge on any atom is -0.481 e. The molecule has 5 rings (SSSR count). The van der Waals surface area contributed by atoms with Crippen molar-refractivity contribution in [2.24, 2.45) is 5.16 Å². The van der Waals surface area contributed by atoms with E-state index in [-0.39, 0.29) is 46.6 Å². The molecule has 5 heterocycles. The Labute approximate surface area is 242 Å². The summed E-state index contributed by atoms with van der Waals surface area (Å²) in [7, 11) is 1.26. The van der Waals surface area contributed by atoms with E-state index in [0.29, 0.717) is 21.8 Å². The van der Waals surface area contributed by atoms with Crippen LogP contribution in [-0.2, 0) is 30.4 Å². The number of fused-ring (bicyclic) bond motifs is 2. The lowest BCUT2D eigenvalue weighted by atomic mass is 10.0. The Bertz CT molecular complexity index is 1620. The van der Waals surface area contributed by atoms with Crippen LogP contribution in [0.1, 0.15) is 17.7 Å². The SMILES string of the molecule is CON=C(C(=O)NC1C(=O)N2C(C(=O)O)=C(CSc3cc(CCC(=O)O)c4nnnn4n3)CS[C@H]12)c1csc(N)n1. The maximum absolute atomic E-state index is 13.1. The Balaban J connectivity index is 1.31. The van der Waals surface area contributed by atoms with Crippen LogP contribution in [0, 0.1) is 0 Å². The van der Waals surface area contributed by atoms with E-state index in [0.717, 1.165) is 16.2 Å². The van der Waals surface area contributed by atoms with Crippen molar-refractivity contribution in [3.63, 3.8) is 0 Å². The van der Waals surface area contributed by atoms with Gasteiger partial charge in [-0.3, -0.25) is 19.3 Å². The van der Waals surface area contributed by atoms with Crippen LogP contribution in [-0.4, -0.2) is 105 Å². The van der Waals surface area contributed by atoms with Gasteiger partial charge >= 0.3 is 11.9 Å². The molecular formula is C21H20N10O7S3. The molecule has 5 N–H and O–H groups in total. The summed E-state index contributed by atoms with van der Waals surface area (Å²) >= 11 is 3.61. The van der Waals surface area contributed by atoms with Crippen molar-refractivity contribution >= 4 is 75.1 Å². The zero-order valence-corrected chi connectivity index (χ0v) is 23.4. The summed E-state index contributed by atoms with van der Waals surface area (Å²) < 4.78 is 1.19. The maximum Gasteiger partial charge on any atom is 0.352 e. The quantitative estimate of drug-likeness (QED) is 0.0910. The number of hydrogen-bond donors (Lipinski definition) is 4. The molecule has 17 nitrogen and oxygen atoms in total. The van der Waals surface area contributed by atoms with Gasteiger partial charge in [-0.05, 0) is 28.5 Å². The van der Waals surface area contributed by atoms with E-state index < -0.39 is 35.2 Å². The fourth-order valence-electron chi connectivity index (χ4n) is 4.13. The molecular weight excluding hydrogens is 600 g/mol. The third-order valence-corrected chi connectivity index (χ3v) is 8.93. The molecule has 2 atom stereocenters. The first-order chi connectivity index (χ1) is 19.7. The molecule has 214 valence electrons. The number of β-lactam (4-membered cyclic amide) rings is 1. The Morgan fingerprint density at radius 2 is 2.15 bits per heavy atom. The van der Waals surface area contributed by atoms with Gasteiger partial charge in [0.25, 0.3) is 11.8 Å². The number of anilines is 1. The number of carboxylic acid groups (broad SMARTS) is 2. The molecule has 0 aliphatic carbocycles. The first-order valence-corrected chi connectivity index (χ1v) is 14.6. The van der Waals surface area contributed by atoms with Gasteiger partial charge in [0.05, 0.1) is 0 Å². The summed E-state index contributed by atoms with van der Waals surface area (Å²) in [5.41, 5.74) is 6.87. The maximum atomic E-state index is 13.1. The number of tetrazole rings is 1. The number of thiazole rings is 1. The Hall–Kier alpha value is -4.30. The molecule has 0 bridgehead atoms. The van der Waals surface area contributed by atoms with Gasteiger partial charge in [0.2, 0.25) is 5.65 Å². The van der Waals surface area contributed by atoms with E-state index in [4.69, 9.17) is 15.7 Å². The van der Waals surface area contributed by atoms with Crippen LogP contribution in [0.15, 0.2) is 32.9 Å². The molecule has 0 saturated carbocycles. The Morgan fingerprint density at radius 3 is 2.83 bits per heavy atom. The second-order valence-electron chi connectivity index (χ2n) is 8.49. The van der Waals surface area contributed by atoms with Crippen molar-refractivity contribution in [1.29, 1.82) is 0 Å². The van der Waals surface area contributed by atoms with Gasteiger partial charge in [0.1, 0.15) is 34.9 Å². The van der Waals surface area contributed by atoms with Crippen LogP contribution < -0.4 is 11.1 Å². The summed E-state index contributed by atoms with van der Waals surface area (Å²) in [6.45, 7) is 0. The molecule has 0 radical (unpaired) electrons. The van der Waals surface area contributed by atoms with E-state index in [9.17, 15) is 24.3 Å². The number of carbonyl (C=O) groups excluding carboxylic acids is 2. The van der Waals surface area contributed by atoms with E-state index in [1.54, 1.807) is 6.07 Å². The number of hydrogen-bond acceptors (Lipinski definition) is 15. The standard InChI is InChI=1S/C21H20N10O7S3/c1-38-27-13(10-7-41-21(22)23-10)17(34)24-14-18(35)30-15(20(36)37)9(6-40-19(14)30)5-39-11-4-8(2-3-12(32)33)16-25-28-29-31(16)26-11/h4,7,14,19H,2-3,5-6H2,1H3,(H2,22,23)(H,24,34)(H,32,33)(H,36,37)/t14?,19-/m1/s1. The predicted octanol–water partition coefficient (Wildman–Crippen LogP) is -0.543. The zero-order valence-electron chi connectivity index (χ0n) is 21.0. The Morgan fingerprint density at radius 1 is 1.34 bits per heavy atom. The fraction of sp³-hybridized carbons (Fsp3) is 0.333. The molecule has 2 aliphatic rings. The third kappa shape index (κ3) is 5.65. The molecule has 20 heteroatoms. The van der Waals surface area contributed by atoms with Crippen molar-refractivity contribution in [2.75, 3.05) is 24.3 Å². The van der Waals surface area contributed by atoms with Crippen LogP contribution in [0.4, 0.5) is 5.13 Å². The summed E-state index contributed by atoms with van der Waals surface area (Å²) in [6, 6.07) is 0.670. The van der Waals surface area contributed by atoms with Gasteiger partial charge in [0, 0.05) is 28.9 Å². The molecule has 2 aliphatic heterocycles. The molecule has 0 spiro atoms. The van der Waals surface area contributed by atoms with Gasteiger partial charge in [0.15, 0.2) is 10.8 Å². The number of rotatable bonds is 11. The van der Waals surface area contributed by atoms with Crippen LogP contribution in [0.3, 0.4) is 0 Å². The summed E-state index contributed by atoms with van der Waals surface area (Å²) in [5.74, 6) is -3.12. The van der Waals surface area contributed by atoms with Crippen LogP contribution in [0.5, 0.6) is 0 Å². The predicted molar refractivity (Wildman–Crippen MR) is 145 cm³/mol. The number of aliphatic carboxylic acids is 2. The van der Waals surface area contributed by atoms with Gasteiger partial charge in [-0.25, -0.2) is 9.78 Å². The molecule has 0 aromatic carbocycles. The average Bonchev–Trinajstić information content (AvgIpc) is 3.60. The normalized spacial score (nSPS) is 18.7. The van der Waals surface area contributed by atoms with Crippen LogP contribution in [0.2, 0.25) is 0 Å². The van der Waals surface area contributed by atoms with Gasteiger partial charge in [-0.15, -0.1) is 49.7 Å². The molecule has 1 unspecified atom stereocenters. The van der Waals surface area contributed by atoms with Gasteiger partial charge in [-0.1, -0.05) is 5.16 Å². The minimum absolute atomic E-state index is 0.131. The average molecular weight is 621 g/mol. The molecule has 1 fully saturated rings. The number of aromatic nitrogens is 6. The summed E-state index contributed by atoms with van der Waals surface area (Å²) in [6.07, 6.45) is 0.0480. The lowest BCUT2D eigenvalue weighted by molar-refractivity contribution is -0.150. The summed E-state index contributed by atoms with van der Waals surface area (Å²) in [5, 5.41) is 42.4. The van der Waals surface area contributed by atoms with Crippen molar-refractivity contribution in [2.45, 2.75) is 29.3 Å². The van der Waals surface area contributed by atoms with E-state index in [1.807, 2.05) is 0 Å². The number of carbonyl (C=O) groups is 4. The fourth-order valence-corrected chi connectivity index (χ4v) is 7.08. The number of nitrogens with zero attached hydrogens (tertiary/aromatic N) is 8. The van der Waals surface area contributed by atoms with Gasteiger partial charge < -0.3 is 26.1 Å². The molecule has 1 saturated heterocycles. The summed E-state index contributed by atoms with van der Waals surface area (Å²) in [4.78, 5) is 59.2. The van der Waals surface area contributed by atoms with Crippen LogP contribution >= 0.6 is 34.9 Å². The largest absolute Gasteiger partial charge is 0.481 e. The number of carboxylic acids is 2. The number of oxime groups is 1. The zero-order chi connectivity index (χ0) is 29.3. The Kier molecular flexibility index (Phi) is 8.03. The second-order valence-corrected chi connectivity index (χ2v) is 11.5. The number of aryl methyl sites for hydroxylation is 1. The number of nitrogens with one attached hydrogen (secondary N) is 1. The molecule has 41 heavy (non-hydrogen) atoms. The number of amides is 2. The molecule has 3 aromatic rings. The lowest BCUT2D eigenvalue weighted by Crippen LogP contribution is -2.71. The molecule has 2 amide bonds. The number of nitrogen functional groups attached to an aromatic ring is 1. The van der Waals surface area contributed by atoms with Crippen molar-refractivity contribution in [3.05, 3.63) is 34.0 Å². The topological polar surface area (TPSA) is 240 Å². The van der Waals surface area contributed by atoms with Crippen molar-refractivity contribution in [3.8, 4) is 0 Å². The van der Waals surface area contributed by atoms with Crippen LogP contribution in [0.25, 0.3) is 5.65 Å². The number of thioether (sulfide) groups is 2. The number of nitrogens with two attached hydrogens (primary N) is 1. The monoisotopic (exact) mass is 620 g/mol. The first-order valence-electron chi connectivity index (χ1n) is 11.6. The lowest BCUT2D eigenvalue weighted by Gasteiger charge is -2.49. The van der Waals surface area contributed by atoms with E-state index >= 15 is 0 Å². The molecule has 3 aromatic heterocycles. The van der Waals surface area contributed by atoms with E-state index in [1.165, 1.54) is 40.6 Å². The highest BCUT2D eigenvalue weighted by Crippen LogP contribution is 2.41. The second kappa shape index (κ2) is 11.7. The third-order valence-electron chi connectivity index (χ3n) is 5.93. The minimum atomic E-state index is -1.28. The van der Waals surface area contributed by atoms with Crippen molar-refractivity contribution in [1.82, 2.24) is 40.5 Å². The highest BCUT2D eigenvalue weighted by molar-refractivity contribution is 8.01. The smallest absolute Gasteiger partial charge is 0.352 e. The highest BCUT2D eigenvalue weighted by atomic mass is 32.2. The van der Waals surface area contributed by atoms with E-state index in [2.05, 4.69) is 36.1 Å². The first kappa shape index (κ1) is 28.2.